The number of aromatic amines is 1. The van der Waals surface area contributed by atoms with Crippen LogP contribution in [0.5, 0.6) is 0 Å². The summed E-state index contributed by atoms with van der Waals surface area (Å²) in [4.78, 5) is 28.8. The molecular formula is C8H12N4O3. The number of nitrogens with one attached hydrogen (secondary N) is 2. The topological polar surface area (TPSA) is 110 Å². The maximum atomic E-state index is 11.3. The average Bonchev–Trinajstić information content (AvgIpc) is 2.69. The van der Waals surface area contributed by atoms with E-state index in [1.807, 2.05) is 0 Å². The van der Waals surface area contributed by atoms with Crippen molar-refractivity contribution in [2.24, 2.45) is 5.73 Å². The first-order valence-electron chi connectivity index (χ1n) is 4.37. The molecule has 0 aliphatic heterocycles. The van der Waals surface area contributed by atoms with E-state index in [4.69, 9.17) is 5.73 Å². The normalized spacial score (nSPS) is 11.9. The van der Waals surface area contributed by atoms with Crippen molar-refractivity contribution in [2.75, 3.05) is 11.9 Å². The van der Waals surface area contributed by atoms with Crippen LogP contribution in [0, 0.1) is 0 Å². The first-order chi connectivity index (χ1) is 7.15. The van der Waals surface area contributed by atoms with E-state index in [9.17, 15) is 9.59 Å². The lowest BCUT2D eigenvalue weighted by Crippen LogP contribution is -2.43. The Morgan fingerprint density at radius 3 is 3.00 bits per heavy atom. The van der Waals surface area contributed by atoms with Gasteiger partial charge >= 0.3 is 5.97 Å². The van der Waals surface area contributed by atoms with Gasteiger partial charge in [-0.25, -0.2) is 9.78 Å². The summed E-state index contributed by atoms with van der Waals surface area (Å²) in [5.41, 5.74) is 5.34. The molecule has 0 saturated heterocycles. The third-order valence-electron chi connectivity index (χ3n) is 1.56. The molecule has 0 fully saturated rings. The highest BCUT2D eigenvalue weighted by Crippen LogP contribution is 1.96. The van der Waals surface area contributed by atoms with Crippen LogP contribution in [0.3, 0.4) is 0 Å². The Balaban J connectivity index is 2.50. The molecule has 0 bridgehead atoms. The number of aromatic nitrogens is 2. The molecular weight excluding hydrogens is 200 g/mol. The summed E-state index contributed by atoms with van der Waals surface area (Å²) in [6.45, 7) is 1.82. The minimum atomic E-state index is -1.34. The molecule has 0 saturated carbocycles. The second-order valence-corrected chi connectivity index (χ2v) is 2.66. The van der Waals surface area contributed by atoms with Crippen LogP contribution in [-0.4, -0.2) is 34.5 Å². The number of nitrogens with zero attached hydrogens (tertiary/aromatic N) is 1. The molecule has 7 nitrogen and oxygen atoms in total. The van der Waals surface area contributed by atoms with Gasteiger partial charge in [0.25, 0.3) is 5.91 Å². The molecule has 1 atom stereocenters. The van der Waals surface area contributed by atoms with Crippen molar-refractivity contribution < 1.29 is 14.3 Å². The maximum Gasteiger partial charge on any atom is 0.332 e. The number of H-pyrrole nitrogens is 1. The number of carbonyl (C=O) groups excluding carboxylic acids is 2. The van der Waals surface area contributed by atoms with Gasteiger partial charge in [0.05, 0.1) is 6.61 Å². The van der Waals surface area contributed by atoms with Crippen LogP contribution in [0.1, 0.15) is 6.92 Å². The molecule has 0 aliphatic carbocycles. The predicted molar refractivity (Wildman–Crippen MR) is 51.8 cm³/mol. The van der Waals surface area contributed by atoms with E-state index in [-0.39, 0.29) is 12.6 Å². The number of rotatable bonds is 4. The number of nitrogens with two attached hydrogens (primary N) is 1. The van der Waals surface area contributed by atoms with E-state index < -0.39 is 17.9 Å². The standard InChI is InChI=1S/C8H12N4O3/c1-2-15-7(14)5(9)6(13)12-8-10-3-4-11-8/h3-5H,2,9H2,1H3,(H2,10,11,12,13). The number of imidazole rings is 1. The number of hydrogen-bond donors (Lipinski definition) is 3. The third kappa shape index (κ3) is 3.06. The number of hydrogen-bond acceptors (Lipinski definition) is 5. The Labute approximate surface area is 86.0 Å². The summed E-state index contributed by atoms with van der Waals surface area (Å²) in [6, 6.07) is -1.34. The van der Waals surface area contributed by atoms with Gasteiger partial charge in [-0.15, -0.1) is 0 Å². The van der Waals surface area contributed by atoms with Gasteiger partial charge in [-0.3, -0.25) is 10.1 Å². The van der Waals surface area contributed by atoms with Gasteiger partial charge in [0.2, 0.25) is 5.95 Å². The van der Waals surface area contributed by atoms with Crippen molar-refractivity contribution >= 4 is 17.8 Å². The van der Waals surface area contributed by atoms with Crippen LogP contribution in [0.25, 0.3) is 0 Å². The van der Waals surface area contributed by atoms with Crippen LogP contribution in [0.15, 0.2) is 12.4 Å². The zero-order valence-corrected chi connectivity index (χ0v) is 8.19. The Morgan fingerprint density at radius 1 is 1.73 bits per heavy atom. The first kappa shape index (κ1) is 11.2. The molecule has 0 aliphatic rings. The lowest BCUT2D eigenvalue weighted by atomic mass is 10.3. The molecule has 0 radical (unpaired) electrons. The van der Waals surface area contributed by atoms with E-state index in [2.05, 4.69) is 20.0 Å². The fourth-order valence-corrected chi connectivity index (χ4v) is 0.867. The Bertz CT molecular complexity index is 336. The fourth-order valence-electron chi connectivity index (χ4n) is 0.867. The highest BCUT2D eigenvalue weighted by atomic mass is 16.5. The fraction of sp³-hybridized carbons (Fsp3) is 0.375. The molecule has 1 amide bonds. The maximum absolute atomic E-state index is 11.3. The zero-order chi connectivity index (χ0) is 11.3. The van der Waals surface area contributed by atoms with Gasteiger partial charge < -0.3 is 15.5 Å². The molecule has 1 aromatic heterocycles. The Morgan fingerprint density at radius 2 is 2.47 bits per heavy atom. The predicted octanol–water partition coefficient (Wildman–Crippen LogP) is -0.761. The minimum absolute atomic E-state index is 0.181. The van der Waals surface area contributed by atoms with E-state index in [1.54, 1.807) is 6.92 Å². The minimum Gasteiger partial charge on any atom is -0.464 e. The highest BCUT2D eigenvalue weighted by molar-refractivity contribution is 6.07. The highest BCUT2D eigenvalue weighted by Gasteiger charge is 2.23. The number of amides is 1. The number of carbonyl (C=O) groups is 2. The molecule has 7 heteroatoms. The molecule has 0 aromatic carbocycles. The van der Waals surface area contributed by atoms with Gasteiger partial charge in [0.15, 0.2) is 6.04 Å². The van der Waals surface area contributed by atoms with Gasteiger partial charge in [-0.05, 0) is 6.92 Å². The SMILES string of the molecule is CCOC(=O)C(N)C(=O)Nc1ncc[nH]1. The number of esters is 1. The monoisotopic (exact) mass is 212 g/mol. The first-order valence-corrected chi connectivity index (χ1v) is 4.37. The zero-order valence-electron chi connectivity index (χ0n) is 8.19. The van der Waals surface area contributed by atoms with Crippen LogP contribution in [-0.2, 0) is 14.3 Å². The van der Waals surface area contributed by atoms with Gasteiger partial charge in [0.1, 0.15) is 0 Å². The summed E-state index contributed by atoms with van der Waals surface area (Å²) in [5.74, 6) is -1.19. The van der Waals surface area contributed by atoms with E-state index in [0.717, 1.165) is 0 Å². The average molecular weight is 212 g/mol. The summed E-state index contributed by atoms with van der Waals surface area (Å²) in [6.07, 6.45) is 3.00. The lowest BCUT2D eigenvalue weighted by molar-refractivity contribution is -0.146. The Kier molecular flexibility index (Phi) is 3.81. The van der Waals surface area contributed by atoms with Crippen molar-refractivity contribution in [1.29, 1.82) is 0 Å². The van der Waals surface area contributed by atoms with E-state index in [0.29, 0.717) is 0 Å². The van der Waals surface area contributed by atoms with Gasteiger partial charge in [-0.2, -0.15) is 0 Å². The lowest BCUT2D eigenvalue weighted by Gasteiger charge is -2.09. The second-order valence-electron chi connectivity index (χ2n) is 2.66. The van der Waals surface area contributed by atoms with Crippen molar-refractivity contribution in [1.82, 2.24) is 9.97 Å². The van der Waals surface area contributed by atoms with Crippen LogP contribution < -0.4 is 11.1 Å². The molecule has 0 spiro atoms. The van der Waals surface area contributed by atoms with Crippen molar-refractivity contribution in [3.8, 4) is 0 Å². The number of ether oxygens (including phenoxy) is 1. The summed E-state index contributed by atoms with van der Waals surface area (Å²) in [7, 11) is 0. The molecule has 4 N–H and O–H groups in total. The smallest absolute Gasteiger partial charge is 0.332 e. The molecule has 1 aromatic rings. The summed E-state index contributed by atoms with van der Waals surface area (Å²) >= 11 is 0. The summed E-state index contributed by atoms with van der Waals surface area (Å²) in [5, 5.41) is 2.33. The van der Waals surface area contributed by atoms with Gasteiger partial charge in [-0.1, -0.05) is 0 Å². The molecule has 1 unspecified atom stereocenters. The molecule has 1 rings (SSSR count). The van der Waals surface area contributed by atoms with Gasteiger partial charge in [0, 0.05) is 12.4 Å². The number of anilines is 1. The molecule has 1 heterocycles. The van der Waals surface area contributed by atoms with Crippen molar-refractivity contribution in [3.05, 3.63) is 12.4 Å². The van der Waals surface area contributed by atoms with Crippen LogP contribution >= 0.6 is 0 Å². The molecule has 15 heavy (non-hydrogen) atoms. The Hall–Kier alpha value is -1.89. The quantitative estimate of drug-likeness (QED) is 0.448. The largest absolute Gasteiger partial charge is 0.464 e. The third-order valence-corrected chi connectivity index (χ3v) is 1.56. The van der Waals surface area contributed by atoms with Crippen LogP contribution in [0.2, 0.25) is 0 Å². The summed E-state index contributed by atoms with van der Waals surface area (Å²) < 4.78 is 4.59. The second kappa shape index (κ2) is 5.11. The van der Waals surface area contributed by atoms with Crippen LogP contribution in [0.4, 0.5) is 5.95 Å². The van der Waals surface area contributed by atoms with E-state index in [1.165, 1.54) is 12.4 Å². The molecule has 82 valence electrons. The van der Waals surface area contributed by atoms with Crippen molar-refractivity contribution in [3.63, 3.8) is 0 Å². The van der Waals surface area contributed by atoms with E-state index >= 15 is 0 Å². The van der Waals surface area contributed by atoms with Crippen molar-refractivity contribution in [2.45, 2.75) is 13.0 Å².